The van der Waals surface area contributed by atoms with Gasteiger partial charge in [-0.25, -0.2) is 0 Å². The van der Waals surface area contributed by atoms with Gasteiger partial charge in [-0.05, 0) is 6.92 Å². The molecule has 3 N–H and O–H groups in total. The number of ether oxygens (including phenoxy) is 2. The molecule has 4 atom stereocenters. The van der Waals surface area contributed by atoms with Gasteiger partial charge in [0, 0.05) is 6.61 Å². The van der Waals surface area contributed by atoms with Crippen molar-refractivity contribution >= 4 is 0 Å². The molecule has 0 aliphatic carbocycles. The van der Waals surface area contributed by atoms with Gasteiger partial charge >= 0.3 is 0 Å². The van der Waals surface area contributed by atoms with Crippen molar-refractivity contribution < 1.29 is 24.8 Å². The van der Waals surface area contributed by atoms with E-state index in [0.29, 0.717) is 6.61 Å². The molecule has 12 heavy (non-hydrogen) atoms. The molecule has 0 aromatic heterocycles. The third-order valence-electron chi connectivity index (χ3n) is 1.80. The van der Waals surface area contributed by atoms with Crippen molar-refractivity contribution in [1.82, 2.24) is 0 Å². The Bertz CT molecular complexity index is 140. The van der Waals surface area contributed by atoms with Crippen LogP contribution in [0.2, 0.25) is 0 Å². The Balaban J connectivity index is 2.52. The van der Waals surface area contributed by atoms with Gasteiger partial charge in [0.05, 0.1) is 6.61 Å². The SMILES string of the molecule is CCO[C@@H]1[C@H](O)COC(O)[C@H]1O. The van der Waals surface area contributed by atoms with E-state index < -0.39 is 24.6 Å². The van der Waals surface area contributed by atoms with Crippen molar-refractivity contribution in [2.45, 2.75) is 31.5 Å². The first-order valence-corrected chi connectivity index (χ1v) is 3.94. The maximum atomic E-state index is 9.28. The molecule has 5 heteroatoms. The topological polar surface area (TPSA) is 79.2 Å². The Morgan fingerprint density at radius 1 is 1.42 bits per heavy atom. The molecule has 5 nitrogen and oxygen atoms in total. The largest absolute Gasteiger partial charge is 0.388 e. The van der Waals surface area contributed by atoms with Crippen LogP contribution in [0.25, 0.3) is 0 Å². The van der Waals surface area contributed by atoms with E-state index in [-0.39, 0.29) is 6.61 Å². The van der Waals surface area contributed by atoms with Gasteiger partial charge in [0.1, 0.15) is 18.3 Å². The minimum atomic E-state index is -1.26. The first-order valence-electron chi connectivity index (χ1n) is 3.94. The molecule has 1 unspecified atom stereocenters. The second-order valence-corrected chi connectivity index (χ2v) is 2.70. The maximum Gasteiger partial charge on any atom is 0.183 e. The van der Waals surface area contributed by atoms with E-state index >= 15 is 0 Å². The summed E-state index contributed by atoms with van der Waals surface area (Å²) < 4.78 is 9.69. The minimum absolute atomic E-state index is 0.0110. The highest BCUT2D eigenvalue weighted by molar-refractivity contribution is 4.83. The van der Waals surface area contributed by atoms with Crippen LogP contribution in [-0.2, 0) is 9.47 Å². The van der Waals surface area contributed by atoms with Crippen LogP contribution in [0, 0.1) is 0 Å². The summed E-state index contributed by atoms with van der Waals surface area (Å²) >= 11 is 0. The zero-order valence-corrected chi connectivity index (χ0v) is 6.88. The summed E-state index contributed by atoms with van der Waals surface area (Å²) in [4.78, 5) is 0. The van der Waals surface area contributed by atoms with Crippen molar-refractivity contribution in [1.29, 1.82) is 0 Å². The molecule has 0 spiro atoms. The first kappa shape index (κ1) is 9.88. The van der Waals surface area contributed by atoms with Crippen LogP contribution in [0.1, 0.15) is 6.92 Å². The Hall–Kier alpha value is -0.200. The predicted molar refractivity (Wildman–Crippen MR) is 39.4 cm³/mol. The van der Waals surface area contributed by atoms with Gasteiger partial charge in [-0.1, -0.05) is 0 Å². The van der Waals surface area contributed by atoms with Crippen molar-refractivity contribution in [3.05, 3.63) is 0 Å². The maximum absolute atomic E-state index is 9.28. The second kappa shape index (κ2) is 4.15. The van der Waals surface area contributed by atoms with Crippen molar-refractivity contribution in [2.24, 2.45) is 0 Å². The molecule has 1 saturated heterocycles. The van der Waals surface area contributed by atoms with Gasteiger partial charge in [0.15, 0.2) is 6.29 Å². The molecule has 1 heterocycles. The van der Waals surface area contributed by atoms with Crippen LogP contribution in [-0.4, -0.2) is 53.1 Å². The summed E-state index contributed by atoms with van der Waals surface area (Å²) in [5.74, 6) is 0. The summed E-state index contributed by atoms with van der Waals surface area (Å²) in [6.45, 7) is 2.12. The number of aliphatic hydroxyl groups is 3. The monoisotopic (exact) mass is 178 g/mol. The van der Waals surface area contributed by atoms with E-state index in [4.69, 9.17) is 9.84 Å². The summed E-state index contributed by atoms with van der Waals surface area (Å²) in [6, 6.07) is 0. The molecule has 0 aromatic carbocycles. The average molecular weight is 178 g/mol. The van der Waals surface area contributed by atoms with Crippen LogP contribution in [0.5, 0.6) is 0 Å². The lowest BCUT2D eigenvalue weighted by atomic mass is 10.1. The molecule has 1 aliphatic rings. The van der Waals surface area contributed by atoms with Gasteiger partial charge < -0.3 is 24.8 Å². The Morgan fingerprint density at radius 2 is 2.08 bits per heavy atom. The Labute approximate surface area is 70.5 Å². The van der Waals surface area contributed by atoms with Gasteiger partial charge in [-0.3, -0.25) is 0 Å². The highest BCUT2D eigenvalue weighted by atomic mass is 16.6. The van der Waals surface area contributed by atoms with E-state index in [9.17, 15) is 10.2 Å². The van der Waals surface area contributed by atoms with E-state index in [2.05, 4.69) is 4.74 Å². The van der Waals surface area contributed by atoms with Gasteiger partial charge in [0.2, 0.25) is 0 Å². The highest BCUT2D eigenvalue weighted by Gasteiger charge is 2.38. The fourth-order valence-electron chi connectivity index (χ4n) is 1.18. The molecule has 1 rings (SSSR count). The van der Waals surface area contributed by atoms with Crippen LogP contribution < -0.4 is 0 Å². The number of rotatable bonds is 2. The van der Waals surface area contributed by atoms with Gasteiger partial charge in [0.25, 0.3) is 0 Å². The van der Waals surface area contributed by atoms with Crippen molar-refractivity contribution in [3.8, 4) is 0 Å². The molecular formula is C7H14O5. The molecule has 0 bridgehead atoms. The predicted octanol–water partition coefficient (Wildman–Crippen LogP) is -1.54. The average Bonchev–Trinajstić information content (AvgIpc) is 2.06. The van der Waals surface area contributed by atoms with Crippen LogP contribution >= 0.6 is 0 Å². The van der Waals surface area contributed by atoms with Crippen LogP contribution in [0.3, 0.4) is 0 Å². The zero-order chi connectivity index (χ0) is 9.14. The van der Waals surface area contributed by atoms with Gasteiger partial charge in [-0.2, -0.15) is 0 Å². The van der Waals surface area contributed by atoms with E-state index in [1.807, 2.05) is 0 Å². The quantitative estimate of drug-likeness (QED) is 0.477. The number of aliphatic hydroxyl groups excluding tert-OH is 3. The normalized spacial score (nSPS) is 43.0. The van der Waals surface area contributed by atoms with Crippen LogP contribution in [0.4, 0.5) is 0 Å². The Morgan fingerprint density at radius 3 is 2.67 bits per heavy atom. The molecule has 1 fully saturated rings. The lowest BCUT2D eigenvalue weighted by molar-refractivity contribution is -0.261. The minimum Gasteiger partial charge on any atom is -0.388 e. The summed E-state index contributed by atoms with van der Waals surface area (Å²) in [5.41, 5.74) is 0. The fourth-order valence-corrected chi connectivity index (χ4v) is 1.18. The molecule has 0 saturated carbocycles. The Kier molecular flexibility index (Phi) is 3.42. The molecular weight excluding hydrogens is 164 g/mol. The highest BCUT2D eigenvalue weighted by Crippen LogP contribution is 2.16. The standard InChI is InChI=1S/C7H14O5/c1-2-11-6-4(8)3-12-7(10)5(6)9/h4-10H,2-3H2,1H3/t4-,5+,6-,7?/m1/s1. The van der Waals surface area contributed by atoms with Crippen molar-refractivity contribution in [3.63, 3.8) is 0 Å². The molecule has 0 amide bonds. The summed E-state index contributed by atoms with van der Waals surface area (Å²) in [7, 11) is 0. The third-order valence-corrected chi connectivity index (χ3v) is 1.80. The number of hydrogen-bond acceptors (Lipinski definition) is 5. The second-order valence-electron chi connectivity index (χ2n) is 2.70. The van der Waals surface area contributed by atoms with Crippen LogP contribution in [0.15, 0.2) is 0 Å². The lowest BCUT2D eigenvalue weighted by Gasteiger charge is -2.34. The molecule has 0 aromatic rings. The van der Waals surface area contributed by atoms with Crippen molar-refractivity contribution in [2.75, 3.05) is 13.2 Å². The summed E-state index contributed by atoms with van der Waals surface area (Å²) in [5, 5.41) is 27.6. The molecule has 1 aliphatic heterocycles. The fraction of sp³-hybridized carbons (Fsp3) is 1.00. The van der Waals surface area contributed by atoms with Gasteiger partial charge in [-0.15, -0.1) is 0 Å². The lowest BCUT2D eigenvalue weighted by Crippen LogP contribution is -2.54. The summed E-state index contributed by atoms with van der Waals surface area (Å²) in [6.07, 6.45) is -4.05. The van der Waals surface area contributed by atoms with E-state index in [1.54, 1.807) is 6.92 Å². The molecule has 0 radical (unpaired) electrons. The van der Waals surface area contributed by atoms with E-state index in [1.165, 1.54) is 0 Å². The first-order chi connectivity index (χ1) is 5.66. The number of hydrogen-bond donors (Lipinski definition) is 3. The molecule has 72 valence electrons. The smallest absolute Gasteiger partial charge is 0.183 e. The zero-order valence-electron chi connectivity index (χ0n) is 6.88. The van der Waals surface area contributed by atoms with E-state index in [0.717, 1.165) is 0 Å². The third kappa shape index (κ3) is 1.94.